The fraction of sp³-hybridized carbons (Fsp3) is 0.600. The maximum Gasteiger partial charge on any atom is 0.293 e. The predicted molar refractivity (Wildman–Crippen MR) is 89.1 cm³/mol. The van der Waals surface area contributed by atoms with Crippen molar-refractivity contribution in [1.29, 1.82) is 0 Å². The largest absolute Gasteiger partial charge is 0.377 e. The molecule has 1 N–H and O–H groups in total. The highest BCUT2D eigenvalue weighted by Gasteiger charge is 2.26. The lowest BCUT2D eigenvalue weighted by Crippen LogP contribution is -2.30. The Balaban J connectivity index is 2.37. The van der Waals surface area contributed by atoms with Crippen LogP contribution in [0.4, 0.5) is 11.4 Å². The van der Waals surface area contributed by atoms with Gasteiger partial charge >= 0.3 is 0 Å². The van der Waals surface area contributed by atoms with Crippen molar-refractivity contribution in [3.8, 4) is 0 Å². The van der Waals surface area contributed by atoms with Crippen LogP contribution in [0, 0.1) is 10.1 Å². The van der Waals surface area contributed by atoms with Gasteiger partial charge in [0.15, 0.2) is 0 Å². The zero-order chi connectivity index (χ0) is 17.0. The number of hydrogen-bond acceptors (Lipinski definition) is 5. The molecule has 1 aromatic carbocycles. The summed E-state index contributed by atoms with van der Waals surface area (Å²) in [7, 11) is -3.70. The minimum absolute atomic E-state index is 0.0372. The van der Waals surface area contributed by atoms with Crippen molar-refractivity contribution in [2.75, 3.05) is 18.4 Å². The molecule has 2 rings (SSSR count). The molecule has 0 heterocycles. The summed E-state index contributed by atoms with van der Waals surface area (Å²) in [6.07, 6.45) is 4.19. The molecule has 1 aliphatic carbocycles. The quantitative estimate of drug-likeness (QED) is 0.608. The van der Waals surface area contributed by atoms with E-state index in [9.17, 15) is 18.5 Å². The van der Waals surface area contributed by atoms with Crippen LogP contribution in [-0.4, -0.2) is 36.8 Å². The van der Waals surface area contributed by atoms with E-state index in [1.807, 2.05) is 0 Å². The van der Waals surface area contributed by atoms with Gasteiger partial charge in [-0.05, 0) is 25.0 Å². The normalized spacial score (nSPS) is 16.0. The summed E-state index contributed by atoms with van der Waals surface area (Å²) in [5.74, 6) is 0. The van der Waals surface area contributed by atoms with Crippen molar-refractivity contribution in [2.24, 2.45) is 0 Å². The standard InChI is InChI=1S/C15H23N3O4S/c1-3-17(4-2)23(21,22)13-9-10-14(15(11-13)18(19)20)16-12-7-5-6-8-12/h9-12,16H,3-8H2,1-2H3. The fourth-order valence-corrected chi connectivity index (χ4v) is 4.43. The van der Waals surface area contributed by atoms with Crippen molar-refractivity contribution < 1.29 is 13.3 Å². The number of rotatable bonds is 7. The molecule has 0 unspecified atom stereocenters. The maximum atomic E-state index is 12.5. The molecule has 0 aliphatic heterocycles. The molecule has 23 heavy (non-hydrogen) atoms. The molecule has 0 aromatic heterocycles. The van der Waals surface area contributed by atoms with Crippen molar-refractivity contribution in [3.05, 3.63) is 28.3 Å². The number of nitro benzene ring substituents is 1. The Labute approximate surface area is 136 Å². The van der Waals surface area contributed by atoms with Gasteiger partial charge in [-0.15, -0.1) is 0 Å². The van der Waals surface area contributed by atoms with E-state index in [0.717, 1.165) is 31.7 Å². The Bertz CT molecular complexity index is 665. The van der Waals surface area contributed by atoms with E-state index in [0.29, 0.717) is 18.8 Å². The number of sulfonamides is 1. The Kier molecular flexibility index (Phi) is 5.59. The molecule has 0 amide bonds. The minimum atomic E-state index is -3.70. The van der Waals surface area contributed by atoms with E-state index >= 15 is 0 Å². The molecular formula is C15H23N3O4S. The second-order valence-electron chi connectivity index (χ2n) is 5.65. The molecule has 0 radical (unpaired) electrons. The van der Waals surface area contributed by atoms with Crippen LogP contribution < -0.4 is 5.32 Å². The van der Waals surface area contributed by atoms with E-state index in [4.69, 9.17) is 0 Å². The Morgan fingerprint density at radius 1 is 1.26 bits per heavy atom. The summed E-state index contributed by atoms with van der Waals surface area (Å²) in [5.41, 5.74) is 0.200. The fourth-order valence-electron chi connectivity index (χ4n) is 2.95. The molecular weight excluding hydrogens is 318 g/mol. The van der Waals surface area contributed by atoms with Crippen LogP contribution in [-0.2, 0) is 10.0 Å². The Hall–Kier alpha value is -1.67. The topological polar surface area (TPSA) is 92.6 Å². The van der Waals surface area contributed by atoms with E-state index in [-0.39, 0.29) is 16.6 Å². The van der Waals surface area contributed by atoms with Crippen LogP contribution in [0.25, 0.3) is 0 Å². The first-order valence-corrected chi connectivity index (χ1v) is 9.39. The van der Waals surface area contributed by atoms with Gasteiger partial charge in [0.05, 0.1) is 9.82 Å². The van der Waals surface area contributed by atoms with Gasteiger partial charge in [0.2, 0.25) is 10.0 Å². The van der Waals surface area contributed by atoms with E-state index in [1.54, 1.807) is 13.8 Å². The summed E-state index contributed by atoms with van der Waals surface area (Å²) in [6.45, 7) is 4.14. The molecule has 1 aliphatic rings. The highest BCUT2D eigenvalue weighted by atomic mass is 32.2. The summed E-state index contributed by atoms with van der Waals surface area (Å²) in [5, 5.41) is 14.5. The molecule has 7 nitrogen and oxygen atoms in total. The molecule has 1 fully saturated rings. The first-order valence-electron chi connectivity index (χ1n) is 7.95. The molecule has 0 saturated heterocycles. The smallest absolute Gasteiger partial charge is 0.293 e. The number of hydrogen-bond donors (Lipinski definition) is 1. The molecule has 1 saturated carbocycles. The average Bonchev–Trinajstić information content (AvgIpc) is 3.01. The first kappa shape index (κ1) is 17.7. The second kappa shape index (κ2) is 7.27. The lowest BCUT2D eigenvalue weighted by Gasteiger charge is -2.19. The Morgan fingerprint density at radius 3 is 2.39 bits per heavy atom. The summed E-state index contributed by atoms with van der Waals surface area (Å²) in [4.78, 5) is 10.8. The van der Waals surface area contributed by atoms with Crippen LogP contribution in [0.15, 0.2) is 23.1 Å². The lowest BCUT2D eigenvalue weighted by molar-refractivity contribution is -0.384. The first-order chi connectivity index (χ1) is 10.9. The molecule has 0 bridgehead atoms. The van der Waals surface area contributed by atoms with E-state index in [2.05, 4.69) is 5.32 Å². The summed E-state index contributed by atoms with van der Waals surface area (Å²) >= 11 is 0. The third-order valence-electron chi connectivity index (χ3n) is 4.22. The molecule has 8 heteroatoms. The number of nitrogens with one attached hydrogen (secondary N) is 1. The van der Waals surface area contributed by atoms with Gasteiger partial charge in [0.1, 0.15) is 5.69 Å². The van der Waals surface area contributed by atoms with Gasteiger partial charge in [-0.25, -0.2) is 8.42 Å². The summed E-state index contributed by atoms with van der Waals surface area (Å²) in [6, 6.07) is 4.33. The average molecular weight is 341 g/mol. The van der Waals surface area contributed by atoms with Gasteiger partial charge in [0, 0.05) is 25.2 Å². The van der Waals surface area contributed by atoms with Gasteiger partial charge in [-0.3, -0.25) is 10.1 Å². The minimum Gasteiger partial charge on any atom is -0.377 e. The van der Waals surface area contributed by atoms with Crippen LogP contribution in [0.3, 0.4) is 0 Å². The van der Waals surface area contributed by atoms with Crippen molar-refractivity contribution in [1.82, 2.24) is 4.31 Å². The van der Waals surface area contributed by atoms with Gasteiger partial charge in [-0.2, -0.15) is 4.31 Å². The summed E-state index contributed by atoms with van der Waals surface area (Å²) < 4.78 is 26.3. The number of anilines is 1. The van der Waals surface area contributed by atoms with Crippen molar-refractivity contribution in [2.45, 2.75) is 50.5 Å². The van der Waals surface area contributed by atoms with Gasteiger partial charge in [-0.1, -0.05) is 26.7 Å². The van der Waals surface area contributed by atoms with Crippen LogP contribution in [0.5, 0.6) is 0 Å². The second-order valence-corrected chi connectivity index (χ2v) is 7.59. The highest BCUT2D eigenvalue weighted by molar-refractivity contribution is 7.89. The lowest BCUT2D eigenvalue weighted by atomic mass is 10.2. The van der Waals surface area contributed by atoms with Crippen LogP contribution in [0.2, 0.25) is 0 Å². The highest BCUT2D eigenvalue weighted by Crippen LogP contribution is 2.31. The third kappa shape index (κ3) is 3.81. The SMILES string of the molecule is CCN(CC)S(=O)(=O)c1ccc(NC2CCCC2)c([N+](=O)[O-])c1. The molecule has 128 valence electrons. The predicted octanol–water partition coefficient (Wildman–Crippen LogP) is 2.98. The molecule has 0 spiro atoms. The van der Waals surface area contributed by atoms with E-state index < -0.39 is 14.9 Å². The van der Waals surface area contributed by atoms with E-state index in [1.165, 1.54) is 16.4 Å². The number of nitro groups is 1. The van der Waals surface area contributed by atoms with Gasteiger partial charge < -0.3 is 5.32 Å². The van der Waals surface area contributed by atoms with Crippen molar-refractivity contribution >= 4 is 21.4 Å². The van der Waals surface area contributed by atoms with Crippen LogP contribution in [0.1, 0.15) is 39.5 Å². The number of benzene rings is 1. The molecule has 0 atom stereocenters. The van der Waals surface area contributed by atoms with Crippen LogP contribution >= 0.6 is 0 Å². The zero-order valence-corrected chi connectivity index (χ0v) is 14.3. The number of nitrogens with zero attached hydrogens (tertiary/aromatic N) is 2. The molecule has 1 aromatic rings. The van der Waals surface area contributed by atoms with Crippen molar-refractivity contribution in [3.63, 3.8) is 0 Å². The van der Waals surface area contributed by atoms with Gasteiger partial charge in [0.25, 0.3) is 5.69 Å². The monoisotopic (exact) mass is 341 g/mol. The zero-order valence-electron chi connectivity index (χ0n) is 13.5. The maximum absolute atomic E-state index is 12.5. The third-order valence-corrected chi connectivity index (χ3v) is 6.27. The Morgan fingerprint density at radius 2 is 1.87 bits per heavy atom.